The van der Waals surface area contributed by atoms with E-state index >= 15 is 0 Å². The lowest BCUT2D eigenvalue weighted by Gasteiger charge is -2.22. The van der Waals surface area contributed by atoms with Crippen LogP contribution >= 0.6 is 0 Å². The molecule has 1 aromatic carbocycles. The summed E-state index contributed by atoms with van der Waals surface area (Å²) in [5.74, 6) is 1.37. The van der Waals surface area contributed by atoms with E-state index in [-0.39, 0.29) is 5.41 Å². The Morgan fingerprint density at radius 1 is 1.00 bits per heavy atom. The number of rotatable bonds is 18. The SMILES string of the molecule is C=C(F)/C=C\C(=C/C)C(C)C/C(=C\CCCC(=C)c1ccc(CCC(=C)C2CC2)cc1C1CCCC1)CC(=C)CC(C)(C)C. The molecule has 240 valence electrons. The Hall–Kier alpha value is -2.67. The maximum Gasteiger partial charge on any atom is 0.116 e. The summed E-state index contributed by atoms with van der Waals surface area (Å²) in [7, 11) is 0. The Kier molecular flexibility index (Phi) is 13.9. The minimum absolute atomic E-state index is 0.224. The molecule has 3 rings (SSSR count). The lowest BCUT2D eigenvalue weighted by molar-refractivity contribution is 0.406. The van der Waals surface area contributed by atoms with Crippen LogP contribution in [0.15, 0.2) is 96.9 Å². The summed E-state index contributed by atoms with van der Waals surface area (Å²) in [5, 5.41) is 0. The van der Waals surface area contributed by atoms with E-state index in [2.05, 4.69) is 84.4 Å². The average molecular weight is 597 g/mol. The Labute approximate surface area is 270 Å². The summed E-state index contributed by atoms with van der Waals surface area (Å²) in [6.07, 6.45) is 24.2. The smallest absolute Gasteiger partial charge is 0.116 e. The number of hydrogen-bond acceptors (Lipinski definition) is 0. The molecule has 1 aromatic rings. The van der Waals surface area contributed by atoms with Crippen LogP contribution in [0.2, 0.25) is 0 Å². The van der Waals surface area contributed by atoms with E-state index in [1.54, 1.807) is 5.56 Å². The molecule has 44 heavy (non-hydrogen) atoms. The van der Waals surface area contributed by atoms with Crippen LogP contribution in [0.3, 0.4) is 0 Å². The highest BCUT2D eigenvalue weighted by Gasteiger charge is 2.25. The summed E-state index contributed by atoms with van der Waals surface area (Å²) in [6, 6.07) is 7.25. The molecule has 0 aliphatic heterocycles. The Morgan fingerprint density at radius 2 is 1.70 bits per heavy atom. The van der Waals surface area contributed by atoms with Gasteiger partial charge in [0, 0.05) is 0 Å². The van der Waals surface area contributed by atoms with E-state index in [1.165, 1.54) is 78.0 Å². The molecule has 0 heterocycles. The standard InChI is InChI=1S/C43H61F/c1-10-38(23-20-35(6)44)34(5)28-37(27-31(2)30-43(7,8)9)16-12-11-15-33(4)41-26-22-36(21-19-32(3)39-24-25-39)29-42(41)40-17-13-14-18-40/h10,16,20,22-23,26,29,34,39-40H,2-4,6,11-15,17-19,21,24-25,27-28,30H2,1,5,7-9H3/b23-20-,37-16-,38-10+. The van der Waals surface area contributed by atoms with Gasteiger partial charge in [0.2, 0.25) is 0 Å². The van der Waals surface area contributed by atoms with Crippen molar-refractivity contribution >= 4 is 5.57 Å². The number of hydrogen-bond donors (Lipinski definition) is 0. The van der Waals surface area contributed by atoms with E-state index in [0.29, 0.717) is 11.8 Å². The van der Waals surface area contributed by atoms with Gasteiger partial charge in [-0.25, -0.2) is 4.39 Å². The third kappa shape index (κ3) is 12.4. The number of allylic oxidation sites excluding steroid dienone is 10. The van der Waals surface area contributed by atoms with Gasteiger partial charge in [0.25, 0.3) is 0 Å². The van der Waals surface area contributed by atoms with Crippen LogP contribution < -0.4 is 0 Å². The lowest BCUT2D eigenvalue weighted by Crippen LogP contribution is -2.07. The first-order valence-electron chi connectivity index (χ1n) is 17.4. The first kappa shape index (κ1) is 35.8. The molecule has 0 amide bonds. The molecular formula is C43H61F. The van der Waals surface area contributed by atoms with Gasteiger partial charge in [-0.3, -0.25) is 0 Å². The van der Waals surface area contributed by atoms with Crippen LogP contribution in [-0.4, -0.2) is 0 Å². The van der Waals surface area contributed by atoms with Crippen molar-refractivity contribution in [2.24, 2.45) is 17.3 Å². The molecule has 2 aliphatic carbocycles. The third-order valence-corrected chi connectivity index (χ3v) is 9.48. The zero-order valence-corrected chi connectivity index (χ0v) is 28.9. The largest absolute Gasteiger partial charge is 0.208 e. The van der Waals surface area contributed by atoms with Crippen molar-refractivity contribution < 1.29 is 4.39 Å². The average Bonchev–Trinajstić information content (AvgIpc) is 3.66. The molecule has 0 bridgehead atoms. The second-order valence-corrected chi connectivity index (χ2v) is 15.0. The van der Waals surface area contributed by atoms with Crippen LogP contribution in [0.1, 0.15) is 141 Å². The van der Waals surface area contributed by atoms with Gasteiger partial charge in [0.15, 0.2) is 0 Å². The monoisotopic (exact) mass is 596 g/mol. The minimum atomic E-state index is -0.406. The van der Waals surface area contributed by atoms with Gasteiger partial charge < -0.3 is 0 Å². The van der Waals surface area contributed by atoms with Gasteiger partial charge in [0.05, 0.1) is 0 Å². The fraction of sp³-hybridized carbons (Fsp3) is 0.535. The summed E-state index contributed by atoms with van der Waals surface area (Å²) in [5.41, 5.74) is 11.2. The van der Waals surface area contributed by atoms with Crippen LogP contribution in [0, 0.1) is 17.3 Å². The summed E-state index contributed by atoms with van der Waals surface area (Å²) < 4.78 is 13.3. The molecule has 0 spiro atoms. The molecule has 0 saturated heterocycles. The highest BCUT2D eigenvalue weighted by molar-refractivity contribution is 5.67. The van der Waals surface area contributed by atoms with Crippen molar-refractivity contribution in [3.63, 3.8) is 0 Å². The van der Waals surface area contributed by atoms with Crippen LogP contribution in [-0.2, 0) is 6.42 Å². The van der Waals surface area contributed by atoms with Gasteiger partial charge in [-0.1, -0.05) is 120 Å². The molecule has 0 aromatic heterocycles. The fourth-order valence-electron chi connectivity index (χ4n) is 7.03. The molecule has 0 N–H and O–H groups in total. The highest BCUT2D eigenvalue weighted by atomic mass is 19.1. The van der Waals surface area contributed by atoms with Crippen LogP contribution in [0.4, 0.5) is 4.39 Å². The predicted octanol–water partition coefficient (Wildman–Crippen LogP) is 13.7. The van der Waals surface area contributed by atoms with E-state index in [0.717, 1.165) is 62.9 Å². The number of benzene rings is 1. The molecule has 2 saturated carbocycles. The summed E-state index contributed by atoms with van der Waals surface area (Å²) >= 11 is 0. The molecule has 0 nitrogen and oxygen atoms in total. The van der Waals surface area contributed by atoms with Gasteiger partial charge >= 0.3 is 0 Å². The highest BCUT2D eigenvalue weighted by Crippen LogP contribution is 2.40. The Balaban J connectivity index is 1.67. The van der Waals surface area contributed by atoms with E-state index in [1.807, 2.05) is 13.0 Å². The quantitative estimate of drug-likeness (QED) is 0.0898. The van der Waals surface area contributed by atoms with Crippen molar-refractivity contribution in [3.8, 4) is 0 Å². The van der Waals surface area contributed by atoms with Crippen molar-refractivity contribution in [2.75, 3.05) is 0 Å². The van der Waals surface area contributed by atoms with Crippen LogP contribution in [0.5, 0.6) is 0 Å². The molecule has 0 radical (unpaired) electrons. The van der Waals surface area contributed by atoms with Gasteiger partial charge in [-0.2, -0.15) is 0 Å². The van der Waals surface area contributed by atoms with E-state index < -0.39 is 5.83 Å². The van der Waals surface area contributed by atoms with Gasteiger partial charge in [-0.05, 0) is 141 Å². The molecule has 1 atom stereocenters. The fourth-order valence-corrected chi connectivity index (χ4v) is 7.03. The zero-order chi connectivity index (χ0) is 32.3. The number of unbranched alkanes of at least 4 members (excludes halogenated alkanes) is 1. The third-order valence-electron chi connectivity index (χ3n) is 9.48. The topological polar surface area (TPSA) is 0 Å². The molecule has 2 aliphatic rings. The van der Waals surface area contributed by atoms with Crippen molar-refractivity contribution in [3.05, 3.63) is 114 Å². The number of halogens is 1. The summed E-state index contributed by atoms with van der Waals surface area (Å²) in [6.45, 7) is 27.9. The van der Waals surface area contributed by atoms with Gasteiger partial charge in [-0.15, -0.1) is 0 Å². The second kappa shape index (κ2) is 17.1. The maximum absolute atomic E-state index is 13.3. The zero-order valence-electron chi connectivity index (χ0n) is 28.9. The van der Waals surface area contributed by atoms with E-state index in [4.69, 9.17) is 0 Å². The van der Waals surface area contributed by atoms with E-state index in [9.17, 15) is 4.39 Å². The Bertz CT molecular complexity index is 1250. The Morgan fingerprint density at radius 3 is 2.32 bits per heavy atom. The first-order chi connectivity index (χ1) is 20.9. The van der Waals surface area contributed by atoms with Crippen molar-refractivity contribution in [2.45, 2.75) is 130 Å². The van der Waals surface area contributed by atoms with Crippen LogP contribution in [0.25, 0.3) is 5.57 Å². The predicted molar refractivity (Wildman–Crippen MR) is 194 cm³/mol. The molecule has 1 unspecified atom stereocenters. The second-order valence-electron chi connectivity index (χ2n) is 15.0. The van der Waals surface area contributed by atoms with Crippen molar-refractivity contribution in [1.82, 2.24) is 0 Å². The molecule has 1 heteroatoms. The summed E-state index contributed by atoms with van der Waals surface area (Å²) in [4.78, 5) is 0. The van der Waals surface area contributed by atoms with Crippen molar-refractivity contribution in [1.29, 1.82) is 0 Å². The first-order valence-corrected chi connectivity index (χ1v) is 17.4. The lowest BCUT2D eigenvalue weighted by atomic mass is 9.83. The minimum Gasteiger partial charge on any atom is -0.208 e. The van der Waals surface area contributed by atoms with Gasteiger partial charge in [0.1, 0.15) is 5.83 Å². The maximum atomic E-state index is 13.3. The number of aryl methyl sites for hydroxylation is 1. The molecule has 2 fully saturated rings. The molecular weight excluding hydrogens is 535 g/mol. The normalized spacial score (nSPS) is 17.3.